The number of fused-ring (bicyclic) bond motifs is 6. The highest BCUT2D eigenvalue weighted by atomic mass is 32.2. The van der Waals surface area contributed by atoms with E-state index < -0.39 is 27.2 Å². The third kappa shape index (κ3) is 3.74. The number of anilines is 1. The number of nitrogens with one attached hydrogen (secondary N) is 1. The fourth-order valence-corrected chi connectivity index (χ4v) is 5.34. The number of pyridine rings is 2. The summed E-state index contributed by atoms with van der Waals surface area (Å²) in [6.45, 7) is 5.17. The van der Waals surface area contributed by atoms with Crippen LogP contribution in [-0.2, 0) is 14.8 Å². The van der Waals surface area contributed by atoms with Crippen LogP contribution in [0.5, 0.6) is 0 Å². The second-order valence-electron chi connectivity index (χ2n) is 8.32. The van der Waals surface area contributed by atoms with Gasteiger partial charge in [0.15, 0.2) is 11.5 Å². The van der Waals surface area contributed by atoms with E-state index >= 15 is 4.39 Å². The lowest BCUT2D eigenvalue weighted by Gasteiger charge is -2.22. The fourth-order valence-electron chi connectivity index (χ4n) is 4.21. The zero-order valence-corrected chi connectivity index (χ0v) is 20.2. The van der Waals surface area contributed by atoms with Crippen molar-refractivity contribution in [1.29, 1.82) is 0 Å². The van der Waals surface area contributed by atoms with Crippen LogP contribution < -0.4 is 4.72 Å². The number of sulfonamides is 1. The first kappa shape index (κ1) is 23.0. The third-order valence-corrected chi connectivity index (χ3v) is 7.67. The van der Waals surface area contributed by atoms with Crippen LogP contribution in [0.1, 0.15) is 30.0 Å². The van der Waals surface area contributed by atoms with Crippen LogP contribution in [0.15, 0.2) is 43.0 Å². The predicted molar refractivity (Wildman–Crippen MR) is 129 cm³/mol. The van der Waals surface area contributed by atoms with Crippen LogP contribution in [0, 0.1) is 19.7 Å². The summed E-state index contributed by atoms with van der Waals surface area (Å²) in [5, 5.41) is 9.11. The number of ether oxygens (including phenoxy) is 1. The van der Waals surface area contributed by atoms with Crippen LogP contribution >= 0.6 is 0 Å². The molecule has 2 atom stereocenters. The second-order valence-corrected chi connectivity index (χ2v) is 10.4. The lowest BCUT2D eigenvalue weighted by Crippen LogP contribution is -2.33. The van der Waals surface area contributed by atoms with E-state index in [9.17, 15) is 8.42 Å². The van der Waals surface area contributed by atoms with E-state index in [4.69, 9.17) is 4.74 Å². The van der Waals surface area contributed by atoms with Gasteiger partial charge in [-0.15, -0.1) is 10.2 Å². The Labute approximate surface area is 200 Å². The summed E-state index contributed by atoms with van der Waals surface area (Å²) >= 11 is 0. The summed E-state index contributed by atoms with van der Waals surface area (Å²) < 4.78 is 51.2. The first-order valence-electron chi connectivity index (χ1n) is 10.8. The Morgan fingerprint density at radius 3 is 2.51 bits per heavy atom. The molecule has 0 unspecified atom stereocenters. The van der Waals surface area contributed by atoms with Crippen molar-refractivity contribution in [3.8, 4) is 0 Å². The van der Waals surface area contributed by atoms with Crippen LogP contribution in [0.2, 0.25) is 0 Å². The molecule has 1 aromatic carbocycles. The average molecular weight is 496 g/mol. The molecule has 12 heteroatoms. The van der Waals surface area contributed by atoms with Crippen molar-refractivity contribution in [2.75, 3.05) is 11.8 Å². The minimum absolute atomic E-state index is 0.148. The van der Waals surface area contributed by atoms with Gasteiger partial charge in [-0.3, -0.25) is 14.1 Å². The van der Waals surface area contributed by atoms with Crippen LogP contribution in [0.25, 0.3) is 27.3 Å². The fraction of sp³-hybridized carbons (Fsp3) is 0.261. The lowest BCUT2D eigenvalue weighted by atomic mass is 10.0. The SMILES string of the molecule is CO[C@H](c1ncc(C)cn1)[C@H](C)S(=O)(=O)Nc1nnc2c3cncc(C)c3c3cccc(F)c3n12. The quantitative estimate of drug-likeness (QED) is 0.355. The van der Waals surface area contributed by atoms with E-state index in [2.05, 4.69) is 29.9 Å². The van der Waals surface area contributed by atoms with Gasteiger partial charge in [-0.2, -0.15) is 0 Å². The maximum Gasteiger partial charge on any atom is 0.243 e. The monoisotopic (exact) mass is 495 g/mol. The van der Waals surface area contributed by atoms with Crippen molar-refractivity contribution in [3.63, 3.8) is 0 Å². The zero-order chi connectivity index (χ0) is 24.9. The molecule has 0 aliphatic carbocycles. The van der Waals surface area contributed by atoms with Crippen molar-refractivity contribution < 1.29 is 17.5 Å². The van der Waals surface area contributed by atoms with E-state index in [1.54, 1.807) is 36.9 Å². The highest BCUT2D eigenvalue weighted by Crippen LogP contribution is 2.34. The Morgan fingerprint density at radius 2 is 1.80 bits per heavy atom. The molecule has 0 aliphatic heterocycles. The molecule has 0 amide bonds. The molecule has 0 fully saturated rings. The molecule has 0 saturated heterocycles. The Bertz CT molecular complexity index is 1690. The molecular formula is C23H22FN7O3S. The number of benzene rings is 1. The van der Waals surface area contributed by atoms with Crippen molar-refractivity contribution in [3.05, 3.63) is 65.8 Å². The third-order valence-electron chi connectivity index (χ3n) is 5.98. The maximum absolute atomic E-state index is 15.2. The van der Waals surface area contributed by atoms with Crippen LogP contribution in [-0.4, -0.2) is 50.3 Å². The van der Waals surface area contributed by atoms with Gasteiger partial charge in [0.25, 0.3) is 0 Å². The summed E-state index contributed by atoms with van der Waals surface area (Å²) in [4.78, 5) is 12.6. The molecule has 180 valence electrons. The first-order valence-corrected chi connectivity index (χ1v) is 12.3. The molecule has 5 aromatic rings. The van der Waals surface area contributed by atoms with Gasteiger partial charge in [-0.25, -0.2) is 22.8 Å². The molecule has 0 saturated carbocycles. The summed E-state index contributed by atoms with van der Waals surface area (Å²) in [7, 11) is -2.72. The average Bonchev–Trinajstić information content (AvgIpc) is 3.24. The number of rotatable bonds is 6. The molecule has 5 rings (SSSR count). The van der Waals surface area contributed by atoms with E-state index in [0.29, 0.717) is 10.8 Å². The van der Waals surface area contributed by atoms with Gasteiger partial charge in [0.05, 0.1) is 5.52 Å². The van der Waals surface area contributed by atoms with Gasteiger partial charge in [-0.05, 0) is 38.0 Å². The topological polar surface area (TPSA) is 124 Å². The number of hydrogen-bond donors (Lipinski definition) is 1. The van der Waals surface area contributed by atoms with Gasteiger partial charge >= 0.3 is 0 Å². The van der Waals surface area contributed by atoms with Gasteiger partial charge in [0, 0.05) is 48.1 Å². The molecule has 0 spiro atoms. The number of nitrogens with zero attached hydrogens (tertiary/aromatic N) is 6. The molecule has 10 nitrogen and oxygen atoms in total. The normalized spacial score (nSPS) is 14.0. The lowest BCUT2D eigenvalue weighted by molar-refractivity contribution is 0.0949. The van der Waals surface area contributed by atoms with E-state index in [-0.39, 0.29) is 22.9 Å². The Morgan fingerprint density at radius 1 is 1.06 bits per heavy atom. The smallest absolute Gasteiger partial charge is 0.243 e. The Balaban J connectivity index is 1.66. The highest BCUT2D eigenvalue weighted by Gasteiger charge is 2.34. The summed E-state index contributed by atoms with van der Waals surface area (Å²) in [5.74, 6) is -0.460. The molecule has 0 bridgehead atoms. The number of aromatic nitrogens is 6. The van der Waals surface area contributed by atoms with E-state index in [1.807, 2.05) is 13.8 Å². The van der Waals surface area contributed by atoms with Crippen molar-refractivity contribution in [2.24, 2.45) is 0 Å². The minimum Gasteiger partial charge on any atom is -0.372 e. The number of hydrogen-bond acceptors (Lipinski definition) is 8. The molecule has 4 aromatic heterocycles. The maximum atomic E-state index is 15.2. The van der Waals surface area contributed by atoms with Crippen molar-refractivity contribution in [1.82, 2.24) is 29.5 Å². The van der Waals surface area contributed by atoms with Gasteiger partial charge in [0.2, 0.25) is 16.0 Å². The largest absolute Gasteiger partial charge is 0.372 e. The molecule has 35 heavy (non-hydrogen) atoms. The number of para-hydroxylation sites is 1. The Hall–Kier alpha value is -3.77. The van der Waals surface area contributed by atoms with Crippen LogP contribution in [0.3, 0.4) is 0 Å². The zero-order valence-electron chi connectivity index (χ0n) is 19.4. The summed E-state index contributed by atoms with van der Waals surface area (Å²) in [6.07, 6.45) is 5.51. The Kier molecular flexibility index (Phi) is 5.56. The molecule has 1 N–H and O–H groups in total. The first-order chi connectivity index (χ1) is 16.7. The molecule has 4 heterocycles. The van der Waals surface area contributed by atoms with Gasteiger partial charge < -0.3 is 4.74 Å². The number of methoxy groups -OCH3 is 1. The summed E-state index contributed by atoms with van der Waals surface area (Å²) in [5.41, 5.74) is 2.10. The van der Waals surface area contributed by atoms with Gasteiger partial charge in [-0.1, -0.05) is 12.1 Å². The molecule has 0 radical (unpaired) electrons. The van der Waals surface area contributed by atoms with Gasteiger partial charge in [0.1, 0.15) is 17.2 Å². The standard InChI is InChI=1S/C23H22FN7O3S/c1-12-8-26-21(27-9-12)20(34-4)14(3)35(32,33)30-23-29-28-22-16-11-25-10-13(2)18(16)15-6-5-7-17(24)19(15)31(22)23/h5-11,14,20H,1-4H3,(H,29,30)/t14-,20-/m0/s1. The van der Waals surface area contributed by atoms with Crippen LogP contribution in [0.4, 0.5) is 10.3 Å². The number of aryl methyl sites for hydroxylation is 2. The summed E-state index contributed by atoms with van der Waals surface area (Å²) in [6, 6.07) is 4.67. The van der Waals surface area contributed by atoms with Crippen molar-refractivity contribution in [2.45, 2.75) is 32.1 Å². The highest BCUT2D eigenvalue weighted by molar-refractivity contribution is 7.93. The molecular weight excluding hydrogens is 473 g/mol. The van der Waals surface area contributed by atoms with E-state index in [1.165, 1.54) is 24.5 Å². The second kappa shape index (κ2) is 8.47. The minimum atomic E-state index is -4.10. The van der Waals surface area contributed by atoms with E-state index in [0.717, 1.165) is 16.5 Å². The predicted octanol–water partition coefficient (Wildman–Crippen LogP) is 3.49. The molecule has 0 aliphatic rings. The van der Waals surface area contributed by atoms with Crippen molar-refractivity contribution >= 4 is 43.3 Å². The number of halogens is 1.